The van der Waals surface area contributed by atoms with Crippen LogP contribution in [0, 0.1) is 16.7 Å². The van der Waals surface area contributed by atoms with E-state index in [2.05, 4.69) is 26.1 Å². The first kappa shape index (κ1) is 23.6. The van der Waals surface area contributed by atoms with Gasteiger partial charge in [-0.1, -0.05) is 63.6 Å². The van der Waals surface area contributed by atoms with Crippen molar-refractivity contribution in [3.63, 3.8) is 0 Å². The van der Waals surface area contributed by atoms with Gasteiger partial charge in [-0.3, -0.25) is 4.79 Å². The number of hydrogen-bond acceptors (Lipinski definition) is 3. The summed E-state index contributed by atoms with van der Waals surface area (Å²) < 4.78 is 29.1. The molecular formula is C28H36N2O3S. The van der Waals surface area contributed by atoms with Crippen LogP contribution in [0.2, 0.25) is 0 Å². The Balaban J connectivity index is 1.52. The molecule has 3 atom stereocenters. The fourth-order valence-corrected chi connectivity index (χ4v) is 8.61. The standard InChI is InChI=1S/C28H36N2O3S/c1-27(2)22-14-15-28(3,19-22)26(27)29-25(31)21-12-13-23(20-10-6-4-7-11-20)24(18-21)34(32,33)30-16-8-5-9-17-30/h4,6-7,10-13,18,22,26H,5,8-9,14-17,19H2,1-3H3,(H,29,31). The molecule has 1 saturated heterocycles. The van der Waals surface area contributed by atoms with Gasteiger partial charge in [-0.25, -0.2) is 8.42 Å². The van der Waals surface area contributed by atoms with Crippen LogP contribution in [0.4, 0.5) is 0 Å². The molecule has 2 saturated carbocycles. The van der Waals surface area contributed by atoms with E-state index in [0.29, 0.717) is 30.1 Å². The lowest BCUT2D eigenvalue weighted by Gasteiger charge is -2.43. The molecule has 0 aromatic heterocycles. The fourth-order valence-electron chi connectivity index (χ4n) is 6.85. The highest BCUT2D eigenvalue weighted by atomic mass is 32.2. The van der Waals surface area contributed by atoms with Crippen molar-refractivity contribution in [3.05, 3.63) is 54.1 Å². The van der Waals surface area contributed by atoms with Crippen molar-refractivity contribution in [1.82, 2.24) is 9.62 Å². The highest BCUT2D eigenvalue weighted by molar-refractivity contribution is 7.89. The monoisotopic (exact) mass is 480 g/mol. The smallest absolute Gasteiger partial charge is 0.251 e. The van der Waals surface area contributed by atoms with Crippen LogP contribution in [0.1, 0.15) is 69.7 Å². The molecule has 1 amide bonds. The summed E-state index contributed by atoms with van der Waals surface area (Å²) >= 11 is 0. The van der Waals surface area contributed by atoms with Crippen molar-refractivity contribution < 1.29 is 13.2 Å². The number of fused-ring (bicyclic) bond motifs is 2. The van der Waals surface area contributed by atoms with Gasteiger partial charge in [0.1, 0.15) is 0 Å². The number of amides is 1. The SMILES string of the molecule is CC12CCC(C1)C(C)(C)C2NC(=O)c1ccc(-c2ccccc2)c(S(=O)(=O)N2CCCCC2)c1. The normalized spacial score (nSPS) is 28.7. The second kappa shape index (κ2) is 8.49. The van der Waals surface area contributed by atoms with Gasteiger partial charge in [-0.15, -0.1) is 0 Å². The van der Waals surface area contributed by atoms with Crippen molar-refractivity contribution in [3.8, 4) is 11.1 Å². The summed E-state index contributed by atoms with van der Waals surface area (Å²) in [6.07, 6.45) is 6.30. The predicted octanol–water partition coefficient (Wildman–Crippen LogP) is 5.47. The molecule has 3 unspecified atom stereocenters. The van der Waals surface area contributed by atoms with Gasteiger partial charge in [0, 0.05) is 30.3 Å². The van der Waals surface area contributed by atoms with Crippen molar-refractivity contribution in [2.24, 2.45) is 16.7 Å². The zero-order valence-electron chi connectivity index (χ0n) is 20.5. The van der Waals surface area contributed by atoms with Gasteiger partial charge in [0.05, 0.1) is 4.90 Å². The molecule has 2 aromatic rings. The van der Waals surface area contributed by atoms with E-state index in [1.807, 2.05) is 30.3 Å². The minimum absolute atomic E-state index is 0.0371. The molecule has 1 heterocycles. The van der Waals surface area contributed by atoms with E-state index in [-0.39, 0.29) is 27.7 Å². The lowest BCUT2D eigenvalue weighted by Crippen LogP contribution is -2.52. The molecule has 0 spiro atoms. The molecule has 2 bridgehead atoms. The maximum absolute atomic E-state index is 13.8. The lowest BCUT2D eigenvalue weighted by molar-refractivity contribution is 0.0737. The molecule has 34 heavy (non-hydrogen) atoms. The first-order chi connectivity index (χ1) is 16.1. The maximum Gasteiger partial charge on any atom is 0.251 e. The molecule has 0 radical (unpaired) electrons. The van der Waals surface area contributed by atoms with Crippen LogP contribution in [0.5, 0.6) is 0 Å². The van der Waals surface area contributed by atoms with Crippen molar-refractivity contribution >= 4 is 15.9 Å². The summed E-state index contributed by atoms with van der Waals surface area (Å²) in [5, 5.41) is 3.33. The summed E-state index contributed by atoms with van der Waals surface area (Å²) in [6, 6.07) is 14.8. The molecule has 3 fully saturated rings. The number of hydrogen-bond donors (Lipinski definition) is 1. The maximum atomic E-state index is 13.8. The van der Waals surface area contributed by atoms with Gasteiger partial charge in [0.2, 0.25) is 10.0 Å². The largest absolute Gasteiger partial charge is 0.348 e. The fraction of sp³-hybridized carbons (Fsp3) is 0.536. The molecule has 3 aliphatic rings. The number of rotatable bonds is 5. The number of benzene rings is 2. The number of piperidine rings is 1. The number of nitrogens with zero attached hydrogens (tertiary/aromatic N) is 1. The lowest BCUT2D eigenvalue weighted by atomic mass is 9.68. The third-order valence-corrected chi connectivity index (χ3v) is 10.7. The Morgan fingerprint density at radius 1 is 1.00 bits per heavy atom. The van der Waals surface area contributed by atoms with Crippen LogP contribution in [0.25, 0.3) is 11.1 Å². The van der Waals surface area contributed by atoms with Crippen LogP contribution in [0.3, 0.4) is 0 Å². The first-order valence-corrected chi connectivity index (χ1v) is 14.1. The van der Waals surface area contributed by atoms with E-state index >= 15 is 0 Å². The molecule has 182 valence electrons. The van der Waals surface area contributed by atoms with Crippen molar-refractivity contribution in [2.45, 2.75) is 70.2 Å². The Morgan fingerprint density at radius 3 is 2.35 bits per heavy atom. The average molecular weight is 481 g/mol. The highest BCUT2D eigenvalue weighted by Crippen LogP contribution is 2.62. The summed E-state index contributed by atoms with van der Waals surface area (Å²) in [5.74, 6) is 0.444. The third kappa shape index (κ3) is 3.89. The predicted molar refractivity (Wildman–Crippen MR) is 135 cm³/mol. The van der Waals surface area contributed by atoms with Gasteiger partial charge in [-0.2, -0.15) is 4.31 Å². The third-order valence-electron chi connectivity index (χ3n) is 8.81. The zero-order chi connectivity index (χ0) is 24.1. The Kier molecular flexibility index (Phi) is 5.88. The number of carbonyl (C=O) groups is 1. The number of carbonyl (C=O) groups excluding carboxylic acids is 1. The summed E-state index contributed by atoms with van der Waals surface area (Å²) in [6.45, 7) is 7.87. The van der Waals surface area contributed by atoms with Crippen molar-refractivity contribution in [1.29, 1.82) is 0 Å². The molecular weight excluding hydrogens is 444 g/mol. The second-order valence-electron chi connectivity index (χ2n) is 11.4. The van der Waals surface area contributed by atoms with Gasteiger partial charge in [0.25, 0.3) is 5.91 Å². The Hall–Kier alpha value is -2.18. The van der Waals surface area contributed by atoms with Crippen molar-refractivity contribution in [2.75, 3.05) is 13.1 Å². The van der Waals surface area contributed by atoms with Crippen LogP contribution in [0.15, 0.2) is 53.4 Å². The molecule has 2 aliphatic carbocycles. The minimum Gasteiger partial charge on any atom is -0.348 e. The van der Waals surface area contributed by atoms with E-state index in [0.717, 1.165) is 37.7 Å². The Morgan fingerprint density at radius 2 is 1.71 bits per heavy atom. The Bertz CT molecular complexity index is 1180. The summed E-state index contributed by atoms with van der Waals surface area (Å²) in [4.78, 5) is 13.7. The quantitative estimate of drug-likeness (QED) is 0.617. The van der Waals surface area contributed by atoms with Gasteiger partial charge >= 0.3 is 0 Å². The Labute approximate surface area is 204 Å². The summed E-state index contributed by atoms with van der Waals surface area (Å²) in [7, 11) is -3.71. The van der Waals surface area contributed by atoms with Gasteiger partial charge in [-0.05, 0) is 66.5 Å². The molecule has 5 nitrogen and oxygen atoms in total. The average Bonchev–Trinajstić information content (AvgIpc) is 3.33. The second-order valence-corrected chi connectivity index (χ2v) is 13.3. The molecule has 1 N–H and O–H groups in total. The minimum atomic E-state index is -3.71. The van der Waals surface area contributed by atoms with E-state index < -0.39 is 10.0 Å². The van der Waals surface area contributed by atoms with Crippen LogP contribution >= 0.6 is 0 Å². The van der Waals surface area contributed by atoms with E-state index in [9.17, 15) is 13.2 Å². The van der Waals surface area contributed by atoms with Crippen LogP contribution in [-0.2, 0) is 10.0 Å². The molecule has 2 aromatic carbocycles. The number of nitrogens with one attached hydrogen (secondary N) is 1. The van der Waals surface area contributed by atoms with Crippen LogP contribution < -0.4 is 5.32 Å². The summed E-state index contributed by atoms with van der Waals surface area (Å²) in [5.41, 5.74) is 2.05. The first-order valence-electron chi connectivity index (χ1n) is 12.6. The van der Waals surface area contributed by atoms with Gasteiger partial charge in [0.15, 0.2) is 0 Å². The topological polar surface area (TPSA) is 66.5 Å². The van der Waals surface area contributed by atoms with E-state index in [4.69, 9.17) is 0 Å². The highest BCUT2D eigenvalue weighted by Gasteiger charge is 2.59. The van der Waals surface area contributed by atoms with Gasteiger partial charge < -0.3 is 5.32 Å². The molecule has 1 aliphatic heterocycles. The van der Waals surface area contributed by atoms with E-state index in [1.165, 1.54) is 6.42 Å². The van der Waals surface area contributed by atoms with E-state index in [1.54, 1.807) is 22.5 Å². The number of sulfonamides is 1. The zero-order valence-corrected chi connectivity index (χ0v) is 21.3. The molecule has 5 rings (SSSR count). The molecule has 6 heteroatoms. The van der Waals surface area contributed by atoms with Crippen LogP contribution in [-0.4, -0.2) is 37.8 Å².